The molecule has 142 valence electrons. The molecule has 0 bridgehead atoms. The van der Waals surface area contributed by atoms with Gasteiger partial charge in [0, 0.05) is 32.6 Å². The van der Waals surface area contributed by atoms with Crippen molar-refractivity contribution in [2.24, 2.45) is 4.99 Å². The van der Waals surface area contributed by atoms with E-state index in [9.17, 15) is 4.79 Å². The van der Waals surface area contributed by atoms with Crippen molar-refractivity contribution in [1.29, 1.82) is 0 Å². The number of rotatable bonds is 4. The van der Waals surface area contributed by atoms with Crippen LogP contribution in [0.1, 0.15) is 31.2 Å². The number of carbonyl (C=O) groups excluding carboxylic acids is 1. The molecule has 2 aromatic rings. The number of aromatic amines is 1. The SMILES string of the molecule is CCC(=O)N1CCC(NC(=NC)NCc2nc3ccc(C)cc3[nH]2)C1.I. The van der Waals surface area contributed by atoms with Crippen LogP contribution < -0.4 is 10.6 Å². The Morgan fingerprint density at radius 1 is 1.46 bits per heavy atom. The van der Waals surface area contributed by atoms with E-state index in [0.29, 0.717) is 13.0 Å². The summed E-state index contributed by atoms with van der Waals surface area (Å²) >= 11 is 0. The number of aliphatic imine (C=N–C) groups is 1. The number of aromatic nitrogens is 2. The van der Waals surface area contributed by atoms with Crippen LogP contribution in [0.15, 0.2) is 23.2 Å². The number of carbonyl (C=O) groups is 1. The summed E-state index contributed by atoms with van der Waals surface area (Å²) in [4.78, 5) is 25.9. The molecule has 1 aromatic heterocycles. The first-order valence-corrected chi connectivity index (χ1v) is 8.79. The maximum Gasteiger partial charge on any atom is 0.222 e. The number of fused-ring (bicyclic) bond motifs is 1. The molecule has 2 heterocycles. The fourth-order valence-electron chi connectivity index (χ4n) is 3.14. The predicted molar refractivity (Wildman–Crippen MR) is 115 cm³/mol. The molecule has 0 radical (unpaired) electrons. The van der Waals surface area contributed by atoms with Crippen LogP contribution in [-0.2, 0) is 11.3 Å². The molecular formula is C18H27IN6O. The molecule has 1 aliphatic heterocycles. The highest BCUT2D eigenvalue weighted by atomic mass is 127. The molecule has 7 nitrogen and oxygen atoms in total. The molecule has 0 saturated carbocycles. The van der Waals surface area contributed by atoms with E-state index >= 15 is 0 Å². The summed E-state index contributed by atoms with van der Waals surface area (Å²) in [6.45, 7) is 6.08. The third kappa shape index (κ3) is 4.87. The van der Waals surface area contributed by atoms with Crippen molar-refractivity contribution in [3.63, 3.8) is 0 Å². The van der Waals surface area contributed by atoms with E-state index in [1.54, 1.807) is 7.05 Å². The Bertz CT molecular complexity index is 787. The van der Waals surface area contributed by atoms with E-state index < -0.39 is 0 Å². The monoisotopic (exact) mass is 470 g/mol. The lowest BCUT2D eigenvalue weighted by molar-refractivity contribution is -0.129. The number of aryl methyl sites for hydroxylation is 1. The van der Waals surface area contributed by atoms with Gasteiger partial charge in [-0.15, -0.1) is 24.0 Å². The normalized spacial score (nSPS) is 17.3. The first-order chi connectivity index (χ1) is 12.1. The number of halogens is 1. The summed E-state index contributed by atoms with van der Waals surface area (Å²) in [6, 6.07) is 6.41. The summed E-state index contributed by atoms with van der Waals surface area (Å²) in [6.07, 6.45) is 1.50. The molecule has 1 amide bonds. The summed E-state index contributed by atoms with van der Waals surface area (Å²) < 4.78 is 0. The number of imidazole rings is 1. The van der Waals surface area contributed by atoms with Gasteiger partial charge in [-0.2, -0.15) is 0 Å². The quantitative estimate of drug-likeness (QED) is 0.363. The molecule has 1 aliphatic rings. The van der Waals surface area contributed by atoms with E-state index in [1.165, 1.54) is 5.56 Å². The van der Waals surface area contributed by atoms with Gasteiger partial charge in [0.15, 0.2) is 5.96 Å². The molecule has 1 aromatic carbocycles. The molecular weight excluding hydrogens is 443 g/mol. The highest BCUT2D eigenvalue weighted by Crippen LogP contribution is 2.13. The van der Waals surface area contributed by atoms with Crippen molar-refractivity contribution >= 4 is 46.9 Å². The Hall–Kier alpha value is -1.84. The van der Waals surface area contributed by atoms with Crippen LogP contribution >= 0.6 is 24.0 Å². The van der Waals surface area contributed by atoms with E-state index in [2.05, 4.69) is 44.7 Å². The van der Waals surface area contributed by atoms with Crippen LogP contribution in [0.25, 0.3) is 11.0 Å². The average molecular weight is 470 g/mol. The largest absolute Gasteiger partial charge is 0.352 e. The number of nitrogens with one attached hydrogen (secondary N) is 3. The molecule has 3 rings (SSSR count). The minimum atomic E-state index is 0. The van der Waals surface area contributed by atoms with E-state index in [1.807, 2.05) is 17.9 Å². The van der Waals surface area contributed by atoms with Gasteiger partial charge in [0.25, 0.3) is 0 Å². The van der Waals surface area contributed by atoms with Gasteiger partial charge in [-0.1, -0.05) is 13.0 Å². The molecule has 26 heavy (non-hydrogen) atoms. The number of hydrogen-bond acceptors (Lipinski definition) is 3. The lowest BCUT2D eigenvalue weighted by atomic mass is 10.2. The highest BCUT2D eigenvalue weighted by molar-refractivity contribution is 14.0. The Kier molecular flexibility index (Phi) is 7.24. The van der Waals surface area contributed by atoms with Crippen molar-refractivity contribution in [2.45, 2.75) is 39.3 Å². The Morgan fingerprint density at radius 2 is 2.27 bits per heavy atom. The second-order valence-corrected chi connectivity index (χ2v) is 6.45. The maximum atomic E-state index is 11.8. The number of H-pyrrole nitrogens is 1. The van der Waals surface area contributed by atoms with Gasteiger partial charge >= 0.3 is 0 Å². The van der Waals surface area contributed by atoms with E-state index in [0.717, 1.165) is 42.3 Å². The number of hydrogen-bond donors (Lipinski definition) is 3. The fraction of sp³-hybridized carbons (Fsp3) is 0.500. The molecule has 0 aliphatic carbocycles. The van der Waals surface area contributed by atoms with Gasteiger partial charge in [-0.25, -0.2) is 4.98 Å². The van der Waals surface area contributed by atoms with E-state index in [-0.39, 0.29) is 35.9 Å². The van der Waals surface area contributed by atoms with Gasteiger partial charge in [0.05, 0.1) is 17.6 Å². The molecule has 1 unspecified atom stereocenters. The third-order valence-corrected chi connectivity index (χ3v) is 4.52. The number of guanidine groups is 1. The molecule has 1 atom stereocenters. The summed E-state index contributed by atoms with van der Waals surface area (Å²) in [5, 5.41) is 6.68. The van der Waals surface area contributed by atoms with Crippen molar-refractivity contribution < 1.29 is 4.79 Å². The minimum Gasteiger partial charge on any atom is -0.352 e. The Labute approximate surface area is 171 Å². The number of nitrogens with zero attached hydrogens (tertiary/aromatic N) is 3. The Balaban J connectivity index is 0.00000243. The average Bonchev–Trinajstić information content (AvgIpc) is 3.23. The third-order valence-electron chi connectivity index (χ3n) is 4.52. The van der Waals surface area contributed by atoms with Crippen molar-refractivity contribution in [1.82, 2.24) is 25.5 Å². The van der Waals surface area contributed by atoms with Gasteiger partial charge < -0.3 is 20.5 Å². The summed E-state index contributed by atoms with van der Waals surface area (Å²) in [5.41, 5.74) is 3.22. The van der Waals surface area contributed by atoms with Crippen molar-refractivity contribution in [2.75, 3.05) is 20.1 Å². The summed E-state index contributed by atoms with van der Waals surface area (Å²) in [7, 11) is 1.75. The number of likely N-dealkylation sites (tertiary alicyclic amines) is 1. The fourth-order valence-corrected chi connectivity index (χ4v) is 3.14. The van der Waals surface area contributed by atoms with Crippen LogP contribution in [0.3, 0.4) is 0 Å². The van der Waals surface area contributed by atoms with Gasteiger partial charge in [0.2, 0.25) is 5.91 Å². The summed E-state index contributed by atoms with van der Waals surface area (Å²) in [5.74, 6) is 1.81. The van der Waals surface area contributed by atoms with Gasteiger partial charge in [-0.05, 0) is 31.0 Å². The molecule has 0 spiro atoms. The topological polar surface area (TPSA) is 85.4 Å². The maximum absolute atomic E-state index is 11.8. The van der Waals surface area contributed by atoms with Crippen LogP contribution in [0.5, 0.6) is 0 Å². The second-order valence-electron chi connectivity index (χ2n) is 6.45. The van der Waals surface area contributed by atoms with E-state index in [4.69, 9.17) is 0 Å². The van der Waals surface area contributed by atoms with Gasteiger partial charge in [-0.3, -0.25) is 9.79 Å². The van der Waals surface area contributed by atoms with Crippen molar-refractivity contribution in [3.8, 4) is 0 Å². The molecule has 3 N–H and O–H groups in total. The smallest absolute Gasteiger partial charge is 0.222 e. The highest BCUT2D eigenvalue weighted by Gasteiger charge is 2.25. The minimum absolute atomic E-state index is 0. The zero-order valence-corrected chi connectivity index (χ0v) is 17.8. The first kappa shape index (κ1) is 20.5. The first-order valence-electron chi connectivity index (χ1n) is 8.79. The van der Waals surface area contributed by atoms with Crippen LogP contribution in [-0.4, -0.2) is 52.9 Å². The Morgan fingerprint density at radius 3 is 3.00 bits per heavy atom. The molecule has 1 fully saturated rings. The van der Waals surface area contributed by atoms with Crippen LogP contribution in [0.2, 0.25) is 0 Å². The molecule has 1 saturated heterocycles. The second kappa shape index (κ2) is 9.20. The van der Waals surface area contributed by atoms with Crippen LogP contribution in [0.4, 0.5) is 0 Å². The lowest BCUT2D eigenvalue weighted by Gasteiger charge is -2.18. The van der Waals surface area contributed by atoms with Crippen molar-refractivity contribution in [3.05, 3.63) is 29.6 Å². The molecule has 8 heteroatoms. The zero-order chi connectivity index (χ0) is 17.8. The van der Waals surface area contributed by atoms with Crippen LogP contribution in [0, 0.1) is 6.92 Å². The standard InChI is InChI=1S/C18H26N6O.HI/c1-4-17(25)24-8-7-13(11-24)21-18(19-3)20-10-16-22-14-6-5-12(2)9-15(14)23-16;/h5-6,9,13H,4,7-8,10-11H2,1-3H3,(H,22,23)(H2,19,20,21);1H. The van der Waals surface area contributed by atoms with Gasteiger partial charge in [0.1, 0.15) is 5.82 Å². The lowest BCUT2D eigenvalue weighted by Crippen LogP contribution is -2.44. The predicted octanol–water partition coefficient (Wildman–Crippen LogP) is 2.17. The number of benzene rings is 1. The zero-order valence-electron chi connectivity index (χ0n) is 15.5. The number of amides is 1.